The summed E-state index contributed by atoms with van der Waals surface area (Å²) in [6.45, 7) is 0.530. The molecular formula is C15H15N3O3. The molecule has 0 aliphatic carbocycles. The number of anilines is 1. The molecule has 0 radical (unpaired) electrons. The molecular weight excluding hydrogens is 270 g/mol. The highest BCUT2D eigenvalue weighted by Crippen LogP contribution is 2.22. The van der Waals surface area contributed by atoms with Crippen molar-refractivity contribution < 1.29 is 9.72 Å². The van der Waals surface area contributed by atoms with Crippen LogP contribution in [0, 0.1) is 10.1 Å². The summed E-state index contributed by atoms with van der Waals surface area (Å²) in [6, 6.07) is 13.9. The van der Waals surface area contributed by atoms with Crippen molar-refractivity contribution in [3.8, 4) is 0 Å². The Labute approximate surface area is 121 Å². The lowest BCUT2D eigenvalue weighted by atomic mass is 10.1. The Morgan fingerprint density at radius 3 is 2.52 bits per heavy atom. The van der Waals surface area contributed by atoms with E-state index in [1.54, 1.807) is 6.07 Å². The first-order valence-electron chi connectivity index (χ1n) is 6.40. The van der Waals surface area contributed by atoms with E-state index in [2.05, 4.69) is 10.6 Å². The van der Waals surface area contributed by atoms with Crippen molar-refractivity contribution in [1.82, 2.24) is 5.32 Å². The van der Waals surface area contributed by atoms with Gasteiger partial charge in [-0.3, -0.25) is 14.9 Å². The summed E-state index contributed by atoms with van der Waals surface area (Å²) in [5.41, 5.74) is 1.75. The van der Waals surface area contributed by atoms with Gasteiger partial charge in [-0.25, -0.2) is 0 Å². The summed E-state index contributed by atoms with van der Waals surface area (Å²) < 4.78 is 0. The summed E-state index contributed by atoms with van der Waals surface area (Å²) in [7, 11) is 1.49. The number of amides is 1. The minimum absolute atomic E-state index is 0.112. The number of hydrogen-bond acceptors (Lipinski definition) is 4. The minimum atomic E-state index is -0.520. The van der Waals surface area contributed by atoms with Gasteiger partial charge in [0.1, 0.15) is 0 Å². The molecule has 6 heteroatoms. The molecule has 0 bridgehead atoms. The molecule has 0 aliphatic heterocycles. The van der Waals surface area contributed by atoms with E-state index in [1.165, 1.54) is 19.2 Å². The first-order chi connectivity index (χ1) is 10.1. The monoisotopic (exact) mass is 285 g/mol. The highest BCUT2D eigenvalue weighted by molar-refractivity contribution is 6.00. The Balaban J connectivity index is 2.25. The lowest BCUT2D eigenvalue weighted by Crippen LogP contribution is -2.20. The number of non-ortho nitro benzene ring substituents is 1. The predicted octanol–water partition coefficient (Wildman–Crippen LogP) is 2.57. The first kappa shape index (κ1) is 14.5. The molecule has 1 amide bonds. The minimum Gasteiger partial charge on any atom is -0.380 e. The molecule has 21 heavy (non-hydrogen) atoms. The third kappa shape index (κ3) is 3.56. The zero-order valence-corrected chi connectivity index (χ0v) is 11.5. The van der Waals surface area contributed by atoms with Crippen molar-refractivity contribution in [3.05, 3.63) is 69.8 Å². The smallest absolute Gasteiger partial charge is 0.270 e. The van der Waals surface area contributed by atoms with E-state index >= 15 is 0 Å². The van der Waals surface area contributed by atoms with E-state index in [0.29, 0.717) is 12.2 Å². The van der Waals surface area contributed by atoms with E-state index < -0.39 is 4.92 Å². The second-order valence-electron chi connectivity index (χ2n) is 4.41. The Hall–Kier alpha value is -2.89. The third-order valence-corrected chi connectivity index (χ3v) is 3.01. The van der Waals surface area contributed by atoms with Crippen LogP contribution >= 0.6 is 0 Å². The average molecular weight is 285 g/mol. The van der Waals surface area contributed by atoms with Crippen LogP contribution in [0.4, 0.5) is 11.4 Å². The molecule has 2 aromatic rings. The van der Waals surface area contributed by atoms with Crippen LogP contribution in [0.3, 0.4) is 0 Å². The summed E-state index contributed by atoms with van der Waals surface area (Å²) >= 11 is 0. The van der Waals surface area contributed by atoms with Crippen LogP contribution in [0.25, 0.3) is 0 Å². The Bertz CT molecular complexity index is 656. The topological polar surface area (TPSA) is 84.3 Å². The average Bonchev–Trinajstić information content (AvgIpc) is 2.52. The maximum absolute atomic E-state index is 11.8. The summed E-state index contributed by atoms with van der Waals surface area (Å²) in [4.78, 5) is 22.1. The van der Waals surface area contributed by atoms with Crippen molar-refractivity contribution in [1.29, 1.82) is 0 Å². The molecule has 0 aliphatic rings. The molecule has 6 nitrogen and oxygen atoms in total. The fourth-order valence-corrected chi connectivity index (χ4v) is 1.92. The van der Waals surface area contributed by atoms with Crippen molar-refractivity contribution in [2.75, 3.05) is 12.4 Å². The zero-order chi connectivity index (χ0) is 15.2. The molecule has 0 aromatic heterocycles. The van der Waals surface area contributed by atoms with Gasteiger partial charge >= 0.3 is 0 Å². The normalized spacial score (nSPS) is 9.95. The largest absolute Gasteiger partial charge is 0.380 e. The van der Waals surface area contributed by atoms with Crippen LogP contribution in [-0.2, 0) is 6.54 Å². The molecule has 0 heterocycles. The standard InChI is InChI=1S/C15H15N3O3/c1-16-15(19)13-9-12(18(20)21)7-8-14(13)17-10-11-5-3-2-4-6-11/h2-9,17H,10H2,1H3,(H,16,19). The van der Waals surface area contributed by atoms with Crippen LogP contribution in [0.2, 0.25) is 0 Å². The Morgan fingerprint density at radius 2 is 1.90 bits per heavy atom. The number of nitrogens with zero attached hydrogens (tertiary/aromatic N) is 1. The number of rotatable bonds is 5. The Morgan fingerprint density at radius 1 is 1.19 bits per heavy atom. The van der Waals surface area contributed by atoms with Gasteiger partial charge in [0, 0.05) is 31.4 Å². The van der Waals surface area contributed by atoms with Gasteiger partial charge in [-0.15, -0.1) is 0 Å². The number of hydrogen-bond donors (Lipinski definition) is 2. The highest BCUT2D eigenvalue weighted by atomic mass is 16.6. The lowest BCUT2D eigenvalue weighted by molar-refractivity contribution is -0.384. The van der Waals surface area contributed by atoms with Gasteiger partial charge in [-0.2, -0.15) is 0 Å². The molecule has 0 saturated heterocycles. The van der Waals surface area contributed by atoms with Crippen LogP contribution in [0.5, 0.6) is 0 Å². The number of benzene rings is 2. The van der Waals surface area contributed by atoms with E-state index in [1.807, 2.05) is 30.3 Å². The van der Waals surface area contributed by atoms with E-state index in [9.17, 15) is 14.9 Å². The second-order valence-corrected chi connectivity index (χ2v) is 4.41. The fourth-order valence-electron chi connectivity index (χ4n) is 1.92. The van der Waals surface area contributed by atoms with Gasteiger partial charge in [0.25, 0.3) is 11.6 Å². The summed E-state index contributed by atoms with van der Waals surface area (Å²) in [6.07, 6.45) is 0. The van der Waals surface area contributed by atoms with Gasteiger partial charge in [0.2, 0.25) is 0 Å². The number of nitrogens with one attached hydrogen (secondary N) is 2. The summed E-state index contributed by atoms with van der Waals surface area (Å²) in [5, 5.41) is 16.4. The van der Waals surface area contributed by atoms with E-state index in [-0.39, 0.29) is 17.2 Å². The van der Waals surface area contributed by atoms with Crippen molar-refractivity contribution in [3.63, 3.8) is 0 Å². The zero-order valence-electron chi connectivity index (χ0n) is 11.5. The van der Waals surface area contributed by atoms with E-state index in [0.717, 1.165) is 5.56 Å². The van der Waals surface area contributed by atoms with Gasteiger partial charge in [-0.05, 0) is 11.6 Å². The molecule has 108 valence electrons. The van der Waals surface area contributed by atoms with Gasteiger partial charge in [0.15, 0.2) is 0 Å². The predicted molar refractivity (Wildman–Crippen MR) is 80.3 cm³/mol. The second kappa shape index (κ2) is 6.51. The first-order valence-corrected chi connectivity index (χ1v) is 6.40. The molecule has 2 N–H and O–H groups in total. The SMILES string of the molecule is CNC(=O)c1cc([N+](=O)[O-])ccc1NCc1ccccc1. The third-order valence-electron chi connectivity index (χ3n) is 3.01. The van der Waals surface area contributed by atoms with Gasteiger partial charge in [0.05, 0.1) is 10.5 Å². The van der Waals surface area contributed by atoms with Crippen LogP contribution in [-0.4, -0.2) is 17.9 Å². The fraction of sp³-hybridized carbons (Fsp3) is 0.133. The van der Waals surface area contributed by atoms with Crippen LogP contribution < -0.4 is 10.6 Å². The summed E-state index contributed by atoms with van der Waals surface area (Å²) in [5.74, 6) is -0.366. The maximum Gasteiger partial charge on any atom is 0.270 e. The molecule has 0 spiro atoms. The number of carbonyl (C=O) groups is 1. The molecule has 0 unspecified atom stereocenters. The van der Waals surface area contributed by atoms with Crippen LogP contribution in [0.15, 0.2) is 48.5 Å². The lowest BCUT2D eigenvalue weighted by Gasteiger charge is -2.11. The quantitative estimate of drug-likeness (QED) is 0.653. The van der Waals surface area contributed by atoms with Crippen molar-refractivity contribution in [2.45, 2.75) is 6.54 Å². The number of nitro benzene ring substituents is 1. The van der Waals surface area contributed by atoms with Gasteiger partial charge < -0.3 is 10.6 Å². The maximum atomic E-state index is 11.8. The molecule has 0 atom stereocenters. The van der Waals surface area contributed by atoms with Crippen molar-refractivity contribution >= 4 is 17.3 Å². The number of carbonyl (C=O) groups excluding carboxylic acids is 1. The highest BCUT2D eigenvalue weighted by Gasteiger charge is 2.15. The van der Waals surface area contributed by atoms with E-state index in [4.69, 9.17) is 0 Å². The molecule has 2 aromatic carbocycles. The molecule has 2 rings (SSSR count). The van der Waals surface area contributed by atoms with Crippen molar-refractivity contribution in [2.24, 2.45) is 0 Å². The Kier molecular flexibility index (Phi) is 4.50. The molecule has 0 saturated carbocycles. The number of nitro groups is 1. The van der Waals surface area contributed by atoms with Gasteiger partial charge in [-0.1, -0.05) is 30.3 Å². The molecule has 0 fully saturated rings. The van der Waals surface area contributed by atoms with Crippen LogP contribution in [0.1, 0.15) is 15.9 Å².